The number of rotatable bonds is 5. The van der Waals surface area contributed by atoms with E-state index in [0.29, 0.717) is 12.2 Å². The molecule has 0 aliphatic carbocycles. The Kier molecular flexibility index (Phi) is 4.27. The number of aryl methyl sites for hydroxylation is 2. The average Bonchev–Trinajstić information content (AvgIpc) is 2.68. The molecule has 0 saturated heterocycles. The molecule has 0 aliphatic rings. The van der Waals surface area contributed by atoms with Gasteiger partial charge in [-0.2, -0.15) is 5.10 Å². The lowest BCUT2D eigenvalue weighted by Gasteiger charge is -2.21. The van der Waals surface area contributed by atoms with Gasteiger partial charge < -0.3 is 10.6 Å². The molecule has 1 heterocycles. The number of nitrogens with zero attached hydrogens (tertiary/aromatic N) is 3. The highest BCUT2D eigenvalue weighted by atomic mass is 19.1. The van der Waals surface area contributed by atoms with Gasteiger partial charge in [0.2, 0.25) is 0 Å². The Bertz CT molecular complexity index is 574. The standard InChI is InChI=1S/C15H21FN4/c1-4-9-20-15(14(17)11(2)18-20)19(3)10-12-5-7-13(16)8-6-12/h5-8H,4,9-10,17H2,1-3H3. The monoisotopic (exact) mass is 276 g/mol. The van der Waals surface area contributed by atoms with Gasteiger partial charge in [0, 0.05) is 20.1 Å². The first kappa shape index (κ1) is 14.4. The van der Waals surface area contributed by atoms with Crippen LogP contribution in [0.2, 0.25) is 0 Å². The summed E-state index contributed by atoms with van der Waals surface area (Å²) in [6, 6.07) is 6.52. The van der Waals surface area contributed by atoms with Gasteiger partial charge in [-0.15, -0.1) is 0 Å². The maximum Gasteiger partial charge on any atom is 0.150 e. The van der Waals surface area contributed by atoms with Crippen LogP contribution < -0.4 is 10.6 Å². The first-order valence-electron chi connectivity index (χ1n) is 6.81. The van der Waals surface area contributed by atoms with E-state index in [1.54, 1.807) is 12.1 Å². The van der Waals surface area contributed by atoms with E-state index in [0.717, 1.165) is 30.0 Å². The maximum absolute atomic E-state index is 12.9. The van der Waals surface area contributed by atoms with Gasteiger partial charge in [-0.05, 0) is 31.0 Å². The van der Waals surface area contributed by atoms with E-state index in [-0.39, 0.29) is 5.82 Å². The zero-order valence-electron chi connectivity index (χ0n) is 12.2. The second-order valence-electron chi connectivity index (χ2n) is 5.03. The van der Waals surface area contributed by atoms with Gasteiger partial charge in [-0.25, -0.2) is 9.07 Å². The van der Waals surface area contributed by atoms with Crippen LogP contribution in [0.15, 0.2) is 24.3 Å². The van der Waals surface area contributed by atoms with Crippen molar-refractivity contribution in [1.29, 1.82) is 0 Å². The van der Waals surface area contributed by atoms with Crippen LogP contribution in [0, 0.1) is 12.7 Å². The summed E-state index contributed by atoms with van der Waals surface area (Å²) in [5.74, 6) is 0.705. The van der Waals surface area contributed by atoms with Crippen molar-refractivity contribution in [1.82, 2.24) is 9.78 Å². The Morgan fingerprint density at radius 2 is 1.95 bits per heavy atom. The molecule has 4 nitrogen and oxygen atoms in total. The Labute approximate surface area is 119 Å². The molecule has 5 heteroatoms. The van der Waals surface area contributed by atoms with Gasteiger partial charge in [0.15, 0.2) is 5.82 Å². The second-order valence-corrected chi connectivity index (χ2v) is 5.03. The predicted octanol–water partition coefficient (Wildman–Crippen LogP) is 2.96. The van der Waals surface area contributed by atoms with Crippen molar-refractivity contribution in [3.05, 3.63) is 41.3 Å². The molecule has 0 amide bonds. The van der Waals surface area contributed by atoms with E-state index in [4.69, 9.17) is 5.73 Å². The van der Waals surface area contributed by atoms with Crippen molar-refractivity contribution in [2.24, 2.45) is 0 Å². The number of nitrogens with two attached hydrogens (primary N) is 1. The van der Waals surface area contributed by atoms with Gasteiger partial charge in [-0.1, -0.05) is 19.1 Å². The maximum atomic E-state index is 12.9. The fraction of sp³-hybridized carbons (Fsp3) is 0.400. The molecular weight excluding hydrogens is 255 g/mol. The quantitative estimate of drug-likeness (QED) is 0.913. The largest absolute Gasteiger partial charge is 0.394 e. The average molecular weight is 276 g/mol. The first-order valence-corrected chi connectivity index (χ1v) is 6.81. The Morgan fingerprint density at radius 3 is 2.55 bits per heavy atom. The summed E-state index contributed by atoms with van der Waals surface area (Å²) < 4.78 is 14.9. The van der Waals surface area contributed by atoms with E-state index >= 15 is 0 Å². The molecule has 0 radical (unpaired) electrons. The Morgan fingerprint density at radius 1 is 1.30 bits per heavy atom. The predicted molar refractivity (Wildman–Crippen MR) is 80.2 cm³/mol. The topological polar surface area (TPSA) is 47.1 Å². The van der Waals surface area contributed by atoms with Gasteiger partial charge in [-0.3, -0.25) is 0 Å². The van der Waals surface area contributed by atoms with Crippen molar-refractivity contribution in [2.45, 2.75) is 33.4 Å². The highest BCUT2D eigenvalue weighted by Gasteiger charge is 2.16. The van der Waals surface area contributed by atoms with Gasteiger partial charge >= 0.3 is 0 Å². The Balaban J connectivity index is 2.24. The van der Waals surface area contributed by atoms with Crippen molar-refractivity contribution < 1.29 is 4.39 Å². The summed E-state index contributed by atoms with van der Waals surface area (Å²) in [4.78, 5) is 2.05. The van der Waals surface area contributed by atoms with Crippen LogP contribution >= 0.6 is 0 Å². The fourth-order valence-corrected chi connectivity index (χ4v) is 2.29. The molecule has 1 aromatic heterocycles. The highest BCUT2D eigenvalue weighted by Crippen LogP contribution is 2.27. The minimum atomic E-state index is -0.220. The number of halogens is 1. The van der Waals surface area contributed by atoms with Crippen LogP contribution in [0.4, 0.5) is 15.9 Å². The van der Waals surface area contributed by atoms with Crippen LogP contribution in [0.25, 0.3) is 0 Å². The molecular formula is C15H21FN4. The number of hydrogen-bond donors (Lipinski definition) is 1. The molecule has 0 atom stereocenters. The normalized spacial score (nSPS) is 10.8. The number of anilines is 2. The van der Waals surface area contributed by atoms with Gasteiger partial charge in [0.25, 0.3) is 0 Å². The summed E-state index contributed by atoms with van der Waals surface area (Å²) in [7, 11) is 1.97. The molecule has 0 spiro atoms. The fourth-order valence-electron chi connectivity index (χ4n) is 2.29. The molecule has 2 aromatic rings. The van der Waals surface area contributed by atoms with E-state index in [9.17, 15) is 4.39 Å². The molecule has 2 rings (SSSR count). The molecule has 20 heavy (non-hydrogen) atoms. The van der Waals surface area contributed by atoms with Gasteiger partial charge in [0.05, 0.1) is 11.4 Å². The third kappa shape index (κ3) is 2.92. The molecule has 2 N–H and O–H groups in total. The van der Waals surface area contributed by atoms with E-state index < -0.39 is 0 Å². The van der Waals surface area contributed by atoms with E-state index in [1.807, 2.05) is 18.7 Å². The zero-order chi connectivity index (χ0) is 14.7. The van der Waals surface area contributed by atoms with Crippen molar-refractivity contribution >= 4 is 11.5 Å². The third-order valence-corrected chi connectivity index (χ3v) is 3.28. The van der Waals surface area contributed by atoms with Crippen LogP contribution in [-0.4, -0.2) is 16.8 Å². The molecule has 0 unspecified atom stereocenters. The lowest BCUT2D eigenvalue weighted by molar-refractivity contribution is 0.591. The molecule has 0 saturated carbocycles. The van der Waals surface area contributed by atoms with Crippen molar-refractivity contribution in [3.63, 3.8) is 0 Å². The second kappa shape index (κ2) is 5.94. The summed E-state index contributed by atoms with van der Waals surface area (Å²) in [6.45, 7) is 5.52. The van der Waals surface area contributed by atoms with Crippen molar-refractivity contribution in [3.8, 4) is 0 Å². The molecule has 0 aliphatic heterocycles. The first-order chi connectivity index (χ1) is 9.52. The molecule has 0 fully saturated rings. The third-order valence-electron chi connectivity index (χ3n) is 3.28. The molecule has 0 bridgehead atoms. The summed E-state index contributed by atoms with van der Waals surface area (Å²) in [5, 5.41) is 4.47. The number of aromatic nitrogens is 2. The SMILES string of the molecule is CCCn1nc(C)c(N)c1N(C)Cc1ccc(F)cc1. The summed E-state index contributed by atoms with van der Waals surface area (Å²) in [5.41, 5.74) is 8.72. The lowest BCUT2D eigenvalue weighted by atomic mass is 10.2. The van der Waals surface area contributed by atoms with Gasteiger partial charge in [0.1, 0.15) is 5.82 Å². The number of nitrogen functional groups attached to an aromatic ring is 1. The molecule has 108 valence electrons. The van der Waals surface area contributed by atoms with E-state index in [2.05, 4.69) is 16.9 Å². The minimum absolute atomic E-state index is 0.220. The summed E-state index contributed by atoms with van der Waals surface area (Å²) in [6.07, 6.45) is 0.998. The Hall–Kier alpha value is -2.04. The number of benzene rings is 1. The minimum Gasteiger partial charge on any atom is -0.394 e. The van der Waals surface area contributed by atoms with Crippen LogP contribution in [-0.2, 0) is 13.1 Å². The number of hydrogen-bond acceptors (Lipinski definition) is 3. The highest BCUT2D eigenvalue weighted by molar-refractivity contribution is 5.66. The molecule has 1 aromatic carbocycles. The van der Waals surface area contributed by atoms with Crippen molar-refractivity contribution in [2.75, 3.05) is 17.7 Å². The van der Waals surface area contributed by atoms with E-state index in [1.165, 1.54) is 12.1 Å². The smallest absolute Gasteiger partial charge is 0.150 e. The summed E-state index contributed by atoms with van der Waals surface area (Å²) >= 11 is 0. The van der Waals surface area contributed by atoms with Crippen LogP contribution in [0.5, 0.6) is 0 Å². The lowest BCUT2D eigenvalue weighted by Crippen LogP contribution is -2.21. The van der Waals surface area contributed by atoms with Crippen LogP contribution in [0.3, 0.4) is 0 Å². The van der Waals surface area contributed by atoms with Crippen LogP contribution in [0.1, 0.15) is 24.6 Å². The zero-order valence-corrected chi connectivity index (χ0v) is 12.2.